The van der Waals surface area contributed by atoms with Gasteiger partial charge in [0.15, 0.2) is 11.5 Å². The van der Waals surface area contributed by atoms with Crippen molar-refractivity contribution < 1.29 is 14.3 Å². The molecule has 0 bridgehead atoms. The highest BCUT2D eigenvalue weighted by atomic mass is 35.5. The Morgan fingerprint density at radius 3 is 2.67 bits per heavy atom. The number of rotatable bonds is 6. The van der Waals surface area contributed by atoms with Crippen molar-refractivity contribution in [3.63, 3.8) is 0 Å². The van der Waals surface area contributed by atoms with Gasteiger partial charge in [-0.05, 0) is 36.5 Å². The molecule has 2 rings (SSSR count). The van der Waals surface area contributed by atoms with Crippen molar-refractivity contribution in [3.8, 4) is 11.5 Å². The van der Waals surface area contributed by atoms with Gasteiger partial charge in [-0.2, -0.15) is 0 Å². The van der Waals surface area contributed by atoms with E-state index in [4.69, 9.17) is 21.1 Å². The third-order valence-electron chi connectivity index (χ3n) is 3.94. The molecule has 1 amide bonds. The number of hydrogen-bond donors (Lipinski definition) is 1. The lowest BCUT2D eigenvalue weighted by Crippen LogP contribution is -2.32. The number of amides is 1. The van der Waals surface area contributed by atoms with E-state index < -0.39 is 0 Å². The molecule has 1 aliphatic carbocycles. The zero-order valence-corrected chi connectivity index (χ0v) is 13.3. The van der Waals surface area contributed by atoms with E-state index in [1.54, 1.807) is 14.2 Å². The molecule has 1 fully saturated rings. The summed E-state index contributed by atoms with van der Waals surface area (Å²) in [6.45, 7) is 0.667. The van der Waals surface area contributed by atoms with Gasteiger partial charge >= 0.3 is 0 Å². The van der Waals surface area contributed by atoms with Crippen LogP contribution in [0.4, 0.5) is 0 Å². The summed E-state index contributed by atoms with van der Waals surface area (Å²) in [5.74, 6) is 1.72. The molecule has 1 aromatic rings. The number of carbonyl (C=O) groups excluding carboxylic acids is 1. The minimum absolute atomic E-state index is 0.0120. The number of benzene rings is 1. The highest BCUT2D eigenvalue weighted by molar-refractivity contribution is 6.21. The maximum Gasteiger partial charge on any atom is 0.224 e. The smallest absolute Gasteiger partial charge is 0.224 e. The second kappa shape index (κ2) is 7.55. The van der Waals surface area contributed by atoms with E-state index in [1.807, 2.05) is 18.2 Å². The average molecular weight is 312 g/mol. The van der Waals surface area contributed by atoms with Crippen LogP contribution in [0.1, 0.15) is 24.8 Å². The third-order valence-corrected chi connectivity index (χ3v) is 4.51. The maximum atomic E-state index is 12.0. The predicted octanol–water partition coefficient (Wildman–Crippen LogP) is 2.77. The van der Waals surface area contributed by atoms with Crippen LogP contribution in [0, 0.1) is 5.92 Å². The first-order valence-corrected chi connectivity index (χ1v) is 7.69. The summed E-state index contributed by atoms with van der Waals surface area (Å²) in [5, 5.41) is 3.17. The van der Waals surface area contributed by atoms with Crippen molar-refractivity contribution in [2.24, 2.45) is 5.92 Å². The van der Waals surface area contributed by atoms with Crippen LogP contribution in [0.15, 0.2) is 18.2 Å². The van der Waals surface area contributed by atoms with Gasteiger partial charge in [-0.25, -0.2) is 0 Å². The summed E-state index contributed by atoms with van der Waals surface area (Å²) < 4.78 is 10.4. The van der Waals surface area contributed by atoms with Crippen LogP contribution in [0.2, 0.25) is 0 Å². The lowest BCUT2D eigenvalue weighted by Gasteiger charge is -2.14. The molecule has 5 heteroatoms. The Balaban J connectivity index is 1.87. The molecule has 0 aliphatic heterocycles. The molecular weight excluding hydrogens is 290 g/mol. The Kier molecular flexibility index (Phi) is 5.74. The molecule has 0 spiro atoms. The van der Waals surface area contributed by atoms with Gasteiger partial charge in [0.2, 0.25) is 5.91 Å². The van der Waals surface area contributed by atoms with E-state index in [-0.39, 0.29) is 11.3 Å². The Hall–Kier alpha value is -1.42. The normalized spacial score (nSPS) is 21.1. The molecule has 4 nitrogen and oxygen atoms in total. The Bertz CT molecular complexity index is 492. The SMILES string of the molecule is COc1ccc(CC(=O)NCC2CCCC2Cl)cc1OC. The largest absolute Gasteiger partial charge is 0.493 e. The van der Waals surface area contributed by atoms with Crippen LogP contribution in [0.3, 0.4) is 0 Å². The van der Waals surface area contributed by atoms with Gasteiger partial charge in [0.05, 0.1) is 20.6 Å². The van der Waals surface area contributed by atoms with Crippen molar-refractivity contribution >= 4 is 17.5 Å². The molecule has 2 atom stereocenters. The first-order valence-electron chi connectivity index (χ1n) is 7.25. The van der Waals surface area contributed by atoms with Gasteiger partial charge in [-0.3, -0.25) is 4.79 Å². The maximum absolute atomic E-state index is 12.0. The van der Waals surface area contributed by atoms with Gasteiger partial charge in [-0.15, -0.1) is 11.6 Å². The fraction of sp³-hybridized carbons (Fsp3) is 0.562. The zero-order valence-electron chi connectivity index (χ0n) is 12.5. The monoisotopic (exact) mass is 311 g/mol. The zero-order chi connectivity index (χ0) is 15.2. The topological polar surface area (TPSA) is 47.6 Å². The van der Waals surface area contributed by atoms with Gasteiger partial charge in [0, 0.05) is 11.9 Å². The fourth-order valence-electron chi connectivity index (χ4n) is 2.70. The highest BCUT2D eigenvalue weighted by Crippen LogP contribution is 2.30. The van der Waals surface area contributed by atoms with Crippen molar-refractivity contribution in [2.75, 3.05) is 20.8 Å². The standard InChI is InChI=1S/C16H22ClNO3/c1-20-14-7-6-11(8-15(14)21-2)9-16(19)18-10-12-4-3-5-13(12)17/h6-8,12-13H,3-5,9-10H2,1-2H3,(H,18,19). The molecule has 2 unspecified atom stereocenters. The number of nitrogens with one attached hydrogen (secondary N) is 1. The number of ether oxygens (including phenoxy) is 2. The van der Waals surface area contributed by atoms with Crippen LogP contribution in [0.25, 0.3) is 0 Å². The molecule has 1 aliphatic rings. The minimum atomic E-state index is 0.0120. The van der Waals surface area contributed by atoms with E-state index in [0.717, 1.165) is 24.8 Å². The first kappa shape index (κ1) is 16.0. The molecule has 1 aromatic carbocycles. The molecule has 1 saturated carbocycles. The summed E-state index contributed by atoms with van der Waals surface area (Å²) in [5.41, 5.74) is 0.902. The van der Waals surface area contributed by atoms with Crippen LogP contribution >= 0.6 is 11.6 Å². The van der Waals surface area contributed by atoms with Crippen LogP contribution in [-0.2, 0) is 11.2 Å². The summed E-state index contributed by atoms with van der Waals surface area (Å²) in [4.78, 5) is 12.0. The molecule has 116 valence electrons. The fourth-order valence-corrected chi connectivity index (χ4v) is 3.07. The summed E-state index contributed by atoms with van der Waals surface area (Å²) in [6, 6.07) is 5.52. The van der Waals surface area contributed by atoms with Crippen LogP contribution < -0.4 is 14.8 Å². The van der Waals surface area contributed by atoms with Gasteiger partial charge < -0.3 is 14.8 Å². The minimum Gasteiger partial charge on any atom is -0.493 e. The number of carbonyl (C=O) groups is 1. The lowest BCUT2D eigenvalue weighted by atomic mass is 10.1. The molecule has 1 N–H and O–H groups in total. The number of methoxy groups -OCH3 is 2. The second-order valence-electron chi connectivity index (χ2n) is 5.38. The van der Waals surface area contributed by atoms with Crippen molar-refractivity contribution in [1.82, 2.24) is 5.32 Å². The second-order valence-corrected chi connectivity index (χ2v) is 5.94. The molecule has 0 saturated heterocycles. The summed E-state index contributed by atoms with van der Waals surface area (Å²) in [6.07, 6.45) is 3.65. The van der Waals surface area contributed by atoms with Crippen molar-refractivity contribution in [2.45, 2.75) is 31.1 Å². The Morgan fingerprint density at radius 2 is 2.05 bits per heavy atom. The van der Waals surface area contributed by atoms with Crippen molar-refractivity contribution in [3.05, 3.63) is 23.8 Å². The van der Waals surface area contributed by atoms with Gasteiger partial charge in [0.1, 0.15) is 0 Å². The van der Waals surface area contributed by atoms with E-state index in [9.17, 15) is 4.79 Å². The highest BCUT2D eigenvalue weighted by Gasteiger charge is 2.25. The van der Waals surface area contributed by atoms with Gasteiger partial charge in [0.25, 0.3) is 0 Å². The summed E-state index contributed by atoms with van der Waals surface area (Å²) >= 11 is 6.21. The molecule has 0 radical (unpaired) electrons. The average Bonchev–Trinajstić information content (AvgIpc) is 2.90. The Labute approximate surface area is 130 Å². The van der Waals surface area contributed by atoms with Crippen LogP contribution in [-0.4, -0.2) is 32.0 Å². The Morgan fingerprint density at radius 1 is 1.29 bits per heavy atom. The van der Waals surface area contributed by atoms with Crippen molar-refractivity contribution in [1.29, 1.82) is 0 Å². The number of halogens is 1. The third kappa shape index (κ3) is 4.27. The number of alkyl halides is 1. The lowest BCUT2D eigenvalue weighted by molar-refractivity contribution is -0.120. The van der Waals surface area contributed by atoms with E-state index in [1.165, 1.54) is 0 Å². The molecule has 0 aromatic heterocycles. The number of hydrogen-bond acceptors (Lipinski definition) is 3. The predicted molar refractivity (Wildman–Crippen MR) is 83.2 cm³/mol. The molecular formula is C16H22ClNO3. The quantitative estimate of drug-likeness (QED) is 0.822. The van der Waals surface area contributed by atoms with E-state index >= 15 is 0 Å². The molecule has 0 heterocycles. The summed E-state index contributed by atoms with van der Waals surface area (Å²) in [7, 11) is 3.18. The van der Waals surface area contributed by atoms with E-state index in [2.05, 4.69) is 5.32 Å². The van der Waals surface area contributed by atoms with Crippen LogP contribution in [0.5, 0.6) is 11.5 Å². The van der Waals surface area contributed by atoms with Gasteiger partial charge in [-0.1, -0.05) is 12.5 Å². The molecule has 21 heavy (non-hydrogen) atoms. The van der Waals surface area contributed by atoms with E-state index in [0.29, 0.717) is 30.4 Å². The first-order chi connectivity index (χ1) is 10.1.